The second-order valence-electron chi connectivity index (χ2n) is 5.78. The predicted octanol–water partition coefficient (Wildman–Crippen LogP) is 3.03. The molecule has 27 heavy (non-hydrogen) atoms. The summed E-state index contributed by atoms with van der Waals surface area (Å²) in [6, 6.07) is 10.8. The van der Waals surface area contributed by atoms with E-state index in [-0.39, 0.29) is 22.1 Å². The molecule has 0 atom stereocenters. The SMILES string of the molecule is CCCCNC(=O)c1ccccc1NS(=O)(=O)c1ccc(OC)c(OC)c1. The molecule has 2 aromatic carbocycles. The molecule has 0 aliphatic rings. The van der Waals surface area contributed by atoms with Crippen LogP contribution in [-0.2, 0) is 10.0 Å². The highest BCUT2D eigenvalue weighted by molar-refractivity contribution is 7.92. The Morgan fingerprint density at radius 1 is 1.04 bits per heavy atom. The van der Waals surface area contributed by atoms with Gasteiger partial charge in [-0.2, -0.15) is 0 Å². The van der Waals surface area contributed by atoms with Crippen molar-refractivity contribution in [3.63, 3.8) is 0 Å². The number of methoxy groups -OCH3 is 2. The Morgan fingerprint density at radius 3 is 2.41 bits per heavy atom. The van der Waals surface area contributed by atoms with Crippen molar-refractivity contribution in [2.45, 2.75) is 24.7 Å². The zero-order valence-corrected chi connectivity index (χ0v) is 16.4. The van der Waals surface area contributed by atoms with Crippen molar-refractivity contribution in [1.29, 1.82) is 0 Å². The molecule has 1 amide bonds. The van der Waals surface area contributed by atoms with Crippen molar-refractivity contribution in [3.05, 3.63) is 48.0 Å². The summed E-state index contributed by atoms with van der Waals surface area (Å²) in [5.74, 6) is 0.396. The van der Waals surface area contributed by atoms with Crippen LogP contribution in [0.2, 0.25) is 0 Å². The summed E-state index contributed by atoms with van der Waals surface area (Å²) in [7, 11) is -1.02. The number of carbonyl (C=O) groups is 1. The summed E-state index contributed by atoms with van der Waals surface area (Å²) >= 11 is 0. The molecule has 8 heteroatoms. The molecule has 0 fully saturated rings. The molecular formula is C19H24N2O5S. The quantitative estimate of drug-likeness (QED) is 0.640. The molecule has 0 saturated carbocycles. The number of amides is 1. The maximum Gasteiger partial charge on any atom is 0.262 e. The van der Waals surface area contributed by atoms with Gasteiger partial charge < -0.3 is 14.8 Å². The Hall–Kier alpha value is -2.74. The number of unbranched alkanes of at least 4 members (excludes halogenated alkanes) is 1. The fraction of sp³-hybridized carbons (Fsp3) is 0.316. The third-order valence-electron chi connectivity index (χ3n) is 3.90. The molecular weight excluding hydrogens is 368 g/mol. The molecule has 0 saturated heterocycles. The first-order chi connectivity index (χ1) is 12.9. The van der Waals surface area contributed by atoms with Crippen molar-refractivity contribution in [2.75, 3.05) is 25.5 Å². The molecule has 2 aromatic rings. The Morgan fingerprint density at radius 2 is 1.74 bits per heavy atom. The van der Waals surface area contributed by atoms with E-state index < -0.39 is 10.0 Å². The van der Waals surface area contributed by atoms with E-state index >= 15 is 0 Å². The highest BCUT2D eigenvalue weighted by Gasteiger charge is 2.20. The molecule has 2 N–H and O–H groups in total. The average Bonchev–Trinajstić information content (AvgIpc) is 2.67. The molecule has 7 nitrogen and oxygen atoms in total. The number of nitrogens with one attached hydrogen (secondary N) is 2. The number of sulfonamides is 1. The maximum atomic E-state index is 12.8. The van der Waals surface area contributed by atoms with Crippen LogP contribution in [0, 0.1) is 0 Å². The van der Waals surface area contributed by atoms with Gasteiger partial charge >= 0.3 is 0 Å². The van der Waals surface area contributed by atoms with E-state index in [1.165, 1.54) is 32.4 Å². The van der Waals surface area contributed by atoms with Crippen molar-refractivity contribution >= 4 is 21.6 Å². The Bertz CT molecular complexity index is 897. The molecule has 0 bridgehead atoms. The van der Waals surface area contributed by atoms with Crippen LogP contribution >= 0.6 is 0 Å². The number of hydrogen-bond acceptors (Lipinski definition) is 5. The highest BCUT2D eigenvalue weighted by Crippen LogP contribution is 2.30. The van der Waals surface area contributed by atoms with Crippen molar-refractivity contribution < 1.29 is 22.7 Å². The first-order valence-corrected chi connectivity index (χ1v) is 10.0. The van der Waals surface area contributed by atoms with Crippen LogP contribution in [0.3, 0.4) is 0 Å². The van der Waals surface area contributed by atoms with Crippen molar-refractivity contribution in [3.8, 4) is 11.5 Å². The van der Waals surface area contributed by atoms with Crippen LogP contribution in [0.15, 0.2) is 47.4 Å². The second kappa shape index (κ2) is 9.27. The lowest BCUT2D eigenvalue weighted by Gasteiger charge is -2.14. The van der Waals surface area contributed by atoms with Gasteiger partial charge in [0.05, 0.1) is 30.4 Å². The van der Waals surface area contributed by atoms with Gasteiger partial charge in [-0.25, -0.2) is 8.42 Å². The molecule has 2 rings (SSSR count). The number of hydrogen-bond donors (Lipinski definition) is 2. The lowest BCUT2D eigenvalue weighted by Crippen LogP contribution is -2.26. The summed E-state index contributed by atoms with van der Waals surface area (Å²) in [4.78, 5) is 12.4. The minimum Gasteiger partial charge on any atom is -0.493 e. The van der Waals surface area contributed by atoms with E-state index in [0.717, 1.165) is 12.8 Å². The molecule has 0 spiro atoms. The standard InChI is InChI=1S/C19H24N2O5S/c1-4-5-12-20-19(22)15-8-6-7-9-16(15)21-27(23,24)14-10-11-17(25-2)18(13-14)26-3/h6-11,13,21H,4-5,12H2,1-3H3,(H,20,22). The smallest absolute Gasteiger partial charge is 0.262 e. The summed E-state index contributed by atoms with van der Waals surface area (Å²) in [5.41, 5.74) is 0.471. The topological polar surface area (TPSA) is 93.7 Å². The highest BCUT2D eigenvalue weighted by atomic mass is 32.2. The second-order valence-corrected chi connectivity index (χ2v) is 7.46. The summed E-state index contributed by atoms with van der Waals surface area (Å²) in [6.07, 6.45) is 1.80. The Kier molecular flexibility index (Phi) is 7.06. The lowest BCUT2D eigenvalue weighted by molar-refractivity contribution is 0.0954. The normalized spacial score (nSPS) is 10.9. The van der Waals surface area contributed by atoms with Crippen LogP contribution in [0.4, 0.5) is 5.69 Å². The molecule has 0 radical (unpaired) electrons. The van der Waals surface area contributed by atoms with Gasteiger partial charge in [0.2, 0.25) is 0 Å². The Labute approximate surface area is 159 Å². The van der Waals surface area contributed by atoms with Gasteiger partial charge in [0.15, 0.2) is 11.5 Å². The van der Waals surface area contributed by atoms with Gasteiger partial charge in [0.25, 0.3) is 15.9 Å². The minimum atomic E-state index is -3.92. The lowest BCUT2D eigenvalue weighted by atomic mass is 10.1. The summed E-state index contributed by atoms with van der Waals surface area (Å²) in [5, 5.41) is 2.79. The Balaban J connectivity index is 2.29. The van der Waals surface area contributed by atoms with Gasteiger partial charge in [0, 0.05) is 12.6 Å². The van der Waals surface area contributed by atoms with Gasteiger partial charge in [-0.1, -0.05) is 25.5 Å². The number of rotatable bonds is 9. The number of ether oxygens (including phenoxy) is 2. The molecule has 0 aromatic heterocycles. The van der Waals surface area contributed by atoms with E-state index in [1.807, 2.05) is 6.92 Å². The first kappa shape index (κ1) is 20.6. The van der Waals surface area contributed by atoms with Crippen molar-refractivity contribution in [1.82, 2.24) is 5.32 Å². The molecule has 0 aliphatic carbocycles. The van der Waals surface area contributed by atoms with E-state index in [2.05, 4.69) is 10.0 Å². The predicted molar refractivity (Wildman–Crippen MR) is 104 cm³/mol. The minimum absolute atomic E-state index is 0.00124. The van der Waals surface area contributed by atoms with Gasteiger partial charge in [-0.05, 0) is 30.7 Å². The third kappa shape index (κ3) is 5.13. The molecule has 0 heterocycles. The number of anilines is 1. The monoisotopic (exact) mass is 392 g/mol. The zero-order chi connectivity index (χ0) is 19.9. The van der Waals surface area contributed by atoms with Crippen LogP contribution < -0.4 is 19.5 Å². The summed E-state index contributed by atoms with van der Waals surface area (Å²) in [6.45, 7) is 2.56. The average molecular weight is 392 g/mol. The van der Waals surface area contributed by atoms with Gasteiger partial charge in [0.1, 0.15) is 0 Å². The number of benzene rings is 2. The molecule has 146 valence electrons. The van der Waals surface area contributed by atoms with Crippen LogP contribution in [0.25, 0.3) is 0 Å². The van der Waals surface area contributed by atoms with Crippen molar-refractivity contribution in [2.24, 2.45) is 0 Å². The fourth-order valence-corrected chi connectivity index (χ4v) is 3.53. The van der Waals surface area contributed by atoms with E-state index in [0.29, 0.717) is 18.0 Å². The van der Waals surface area contributed by atoms with E-state index in [1.54, 1.807) is 24.3 Å². The van der Waals surface area contributed by atoms with E-state index in [9.17, 15) is 13.2 Å². The number of carbonyl (C=O) groups excluding carboxylic acids is 1. The van der Waals surface area contributed by atoms with Crippen LogP contribution in [0.1, 0.15) is 30.1 Å². The first-order valence-electron chi connectivity index (χ1n) is 8.55. The zero-order valence-electron chi connectivity index (χ0n) is 15.6. The fourth-order valence-electron chi connectivity index (χ4n) is 2.43. The molecule has 0 unspecified atom stereocenters. The number of para-hydroxylation sites is 1. The molecule has 0 aliphatic heterocycles. The third-order valence-corrected chi connectivity index (χ3v) is 5.26. The van der Waals surface area contributed by atoms with Crippen LogP contribution in [0.5, 0.6) is 11.5 Å². The van der Waals surface area contributed by atoms with Gasteiger partial charge in [-0.3, -0.25) is 9.52 Å². The maximum absolute atomic E-state index is 12.8. The van der Waals surface area contributed by atoms with Crippen LogP contribution in [-0.4, -0.2) is 35.1 Å². The largest absolute Gasteiger partial charge is 0.493 e. The van der Waals surface area contributed by atoms with Gasteiger partial charge in [-0.15, -0.1) is 0 Å². The summed E-state index contributed by atoms with van der Waals surface area (Å²) < 4.78 is 38.3. The van der Waals surface area contributed by atoms with E-state index in [4.69, 9.17) is 9.47 Å².